The van der Waals surface area contributed by atoms with E-state index in [-0.39, 0.29) is 11.7 Å². The van der Waals surface area contributed by atoms with Crippen LogP contribution in [0.1, 0.15) is 10.5 Å². The Morgan fingerprint density at radius 3 is 2.91 bits per heavy atom. The Morgan fingerprint density at radius 2 is 2.09 bits per heavy atom. The third kappa shape index (κ3) is 2.42. The quantitative estimate of drug-likeness (QED) is 0.747. The van der Waals surface area contributed by atoms with Gasteiger partial charge in [0.1, 0.15) is 17.1 Å². The van der Waals surface area contributed by atoms with Crippen molar-refractivity contribution in [2.75, 3.05) is 6.54 Å². The number of benzene rings is 1. The van der Waals surface area contributed by atoms with Gasteiger partial charge in [-0.05, 0) is 24.3 Å². The second-order valence-electron chi connectivity index (χ2n) is 5.21. The smallest absolute Gasteiger partial charge is 0.269 e. The van der Waals surface area contributed by atoms with Gasteiger partial charge in [0.15, 0.2) is 5.82 Å². The minimum absolute atomic E-state index is 0.128. The molecule has 3 heterocycles. The van der Waals surface area contributed by atoms with Crippen LogP contribution in [0.4, 0.5) is 0 Å². The number of aromatic hydroxyl groups is 1. The summed E-state index contributed by atoms with van der Waals surface area (Å²) >= 11 is 0. The Labute approximate surface area is 131 Å². The third-order valence-corrected chi connectivity index (χ3v) is 3.64. The van der Waals surface area contributed by atoms with Crippen molar-refractivity contribution >= 4 is 5.91 Å². The summed E-state index contributed by atoms with van der Waals surface area (Å²) < 4.78 is 1.68. The van der Waals surface area contributed by atoms with E-state index in [0.29, 0.717) is 41.6 Å². The number of phenols is 1. The van der Waals surface area contributed by atoms with Gasteiger partial charge in [0.2, 0.25) is 0 Å². The van der Waals surface area contributed by atoms with Gasteiger partial charge in [-0.3, -0.25) is 9.48 Å². The molecule has 0 saturated heterocycles. The highest BCUT2D eigenvalue weighted by Gasteiger charge is 2.20. The first-order valence-corrected chi connectivity index (χ1v) is 7.19. The Bertz CT molecular complexity index is 903. The SMILES string of the molecule is O=C1NCCn2nc(-c3ccnc(-c4cccc(O)c4)n3)cc21. The Morgan fingerprint density at radius 1 is 1.17 bits per heavy atom. The summed E-state index contributed by atoms with van der Waals surface area (Å²) in [6.07, 6.45) is 1.64. The number of hydrogen-bond donors (Lipinski definition) is 2. The summed E-state index contributed by atoms with van der Waals surface area (Å²) in [4.78, 5) is 20.6. The molecule has 0 bridgehead atoms. The lowest BCUT2D eigenvalue weighted by Gasteiger charge is -2.13. The second-order valence-corrected chi connectivity index (χ2v) is 5.21. The number of carbonyl (C=O) groups is 1. The summed E-state index contributed by atoms with van der Waals surface area (Å²) in [5.74, 6) is 0.525. The zero-order valence-electron chi connectivity index (χ0n) is 12.1. The largest absolute Gasteiger partial charge is 0.508 e. The molecule has 114 valence electrons. The van der Waals surface area contributed by atoms with Crippen molar-refractivity contribution in [1.29, 1.82) is 0 Å². The number of nitrogens with zero attached hydrogens (tertiary/aromatic N) is 4. The third-order valence-electron chi connectivity index (χ3n) is 3.64. The van der Waals surface area contributed by atoms with Crippen LogP contribution in [0.25, 0.3) is 22.8 Å². The van der Waals surface area contributed by atoms with Gasteiger partial charge in [-0.2, -0.15) is 5.10 Å². The molecule has 1 aliphatic rings. The fraction of sp³-hybridized carbons (Fsp3) is 0.125. The molecule has 2 aromatic heterocycles. The second kappa shape index (κ2) is 5.20. The van der Waals surface area contributed by atoms with Crippen molar-refractivity contribution in [1.82, 2.24) is 25.1 Å². The summed E-state index contributed by atoms with van der Waals surface area (Å²) in [5, 5.41) is 16.8. The van der Waals surface area contributed by atoms with Crippen LogP contribution >= 0.6 is 0 Å². The maximum Gasteiger partial charge on any atom is 0.269 e. The molecule has 0 unspecified atom stereocenters. The molecule has 0 fully saturated rings. The molecule has 0 radical (unpaired) electrons. The van der Waals surface area contributed by atoms with E-state index in [0.717, 1.165) is 0 Å². The van der Waals surface area contributed by atoms with E-state index < -0.39 is 0 Å². The van der Waals surface area contributed by atoms with Crippen molar-refractivity contribution in [3.05, 3.63) is 48.3 Å². The highest BCUT2D eigenvalue weighted by molar-refractivity contribution is 5.94. The lowest BCUT2D eigenvalue weighted by molar-refractivity contribution is 0.0924. The fourth-order valence-corrected chi connectivity index (χ4v) is 2.55. The van der Waals surface area contributed by atoms with Gasteiger partial charge in [0, 0.05) is 18.3 Å². The lowest BCUT2D eigenvalue weighted by Crippen LogP contribution is -2.35. The highest BCUT2D eigenvalue weighted by atomic mass is 16.3. The molecule has 1 aromatic carbocycles. The first-order chi connectivity index (χ1) is 11.2. The normalized spacial score (nSPS) is 13.5. The predicted molar refractivity (Wildman–Crippen MR) is 82.7 cm³/mol. The Kier molecular flexibility index (Phi) is 3.04. The maximum atomic E-state index is 11.8. The van der Waals surface area contributed by atoms with Gasteiger partial charge in [0.05, 0.1) is 12.2 Å². The minimum atomic E-state index is -0.128. The van der Waals surface area contributed by atoms with Crippen LogP contribution in [0.3, 0.4) is 0 Å². The van der Waals surface area contributed by atoms with Crippen molar-refractivity contribution in [3.8, 4) is 28.5 Å². The fourth-order valence-electron chi connectivity index (χ4n) is 2.55. The average molecular weight is 307 g/mol. The van der Waals surface area contributed by atoms with E-state index in [2.05, 4.69) is 20.4 Å². The average Bonchev–Trinajstić information content (AvgIpc) is 3.01. The van der Waals surface area contributed by atoms with Gasteiger partial charge < -0.3 is 10.4 Å². The molecule has 0 spiro atoms. The van der Waals surface area contributed by atoms with Crippen LogP contribution < -0.4 is 5.32 Å². The first-order valence-electron chi connectivity index (χ1n) is 7.19. The summed E-state index contributed by atoms with van der Waals surface area (Å²) in [5.41, 5.74) is 2.51. The van der Waals surface area contributed by atoms with Crippen molar-refractivity contribution < 1.29 is 9.90 Å². The number of carbonyl (C=O) groups excluding carboxylic acids is 1. The molecule has 0 aliphatic carbocycles. The monoisotopic (exact) mass is 307 g/mol. The van der Waals surface area contributed by atoms with E-state index in [1.54, 1.807) is 41.2 Å². The predicted octanol–water partition coefficient (Wildman–Crippen LogP) is 1.46. The van der Waals surface area contributed by atoms with Crippen LogP contribution in [0.15, 0.2) is 42.6 Å². The molecular formula is C16H13N5O2. The molecule has 0 atom stereocenters. The van der Waals surface area contributed by atoms with E-state index in [9.17, 15) is 9.90 Å². The van der Waals surface area contributed by atoms with E-state index in [1.165, 1.54) is 0 Å². The van der Waals surface area contributed by atoms with Crippen LogP contribution in [0, 0.1) is 0 Å². The van der Waals surface area contributed by atoms with Gasteiger partial charge >= 0.3 is 0 Å². The molecule has 1 amide bonds. The number of rotatable bonds is 2. The van der Waals surface area contributed by atoms with Crippen LogP contribution in [-0.2, 0) is 6.54 Å². The lowest BCUT2D eigenvalue weighted by atomic mass is 10.2. The topological polar surface area (TPSA) is 92.9 Å². The van der Waals surface area contributed by atoms with Crippen LogP contribution in [0.2, 0.25) is 0 Å². The van der Waals surface area contributed by atoms with Crippen molar-refractivity contribution in [3.63, 3.8) is 0 Å². The van der Waals surface area contributed by atoms with E-state index in [1.807, 2.05) is 6.07 Å². The molecule has 1 aliphatic heterocycles. The number of phenolic OH excluding ortho intramolecular Hbond substituents is 1. The molecule has 3 aromatic rings. The first kappa shape index (κ1) is 13.4. The van der Waals surface area contributed by atoms with Gasteiger partial charge in [-0.1, -0.05) is 12.1 Å². The van der Waals surface area contributed by atoms with Gasteiger partial charge in [0.25, 0.3) is 5.91 Å². The molecule has 7 nitrogen and oxygen atoms in total. The molecule has 4 rings (SSSR count). The van der Waals surface area contributed by atoms with Crippen molar-refractivity contribution in [2.45, 2.75) is 6.54 Å². The number of fused-ring (bicyclic) bond motifs is 1. The van der Waals surface area contributed by atoms with E-state index in [4.69, 9.17) is 0 Å². The number of hydrogen-bond acceptors (Lipinski definition) is 5. The zero-order chi connectivity index (χ0) is 15.8. The molecule has 23 heavy (non-hydrogen) atoms. The summed E-state index contributed by atoms with van der Waals surface area (Å²) in [6, 6.07) is 10.2. The summed E-state index contributed by atoms with van der Waals surface area (Å²) in [6.45, 7) is 1.22. The maximum absolute atomic E-state index is 11.8. The van der Waals surface area contributed by atoms with E-state index >= 15 is 0 Å². The molecule has 2 N–H and O–H groups in total. The standard InChI is InChI=1S/C16H13N5O2/c22-11-3-1-2-10(8-11)15-17-5-4-12(19-15)13-9-14-16(23)18-6-7-21(14)20-13/h1-5,8-9,22H,6-7H2,(H,18,23). The number of aromatic nitrogens is 4. The van der Waals surface area contributed by atoms with Gasteiger partial charge in [-0.25, -0.2) is 9.97 Å². The minimum Gasteiger partial charge on any atom is -0.508 e. The van der Waals surface area contributed by atoms with Gasteiger partial charge in [-0.15, -0.1) is 0 Å². The van der Waals surface area contributed by atoms with Crippen molar-refractivity contribution in [2.24, 2.45) is 0 Å². The van der Waals surface area contributed by atoms with Crippen LogP contribution in [0.5, 0.6) is 5.75 Å². The molecule has 7 heteroatoms. The summed E-state index contributed by atoms with van der Waals surface area (Å²) in [7, 11) is 0. The molecule has 0 saturated carbocycles. The van der Waals surface area contributed by atoms with Crippen LogP contribution in [-0.4, -0.2) is 37.3 Å². The Hall–Kier alpha value is -3.22. The highest BCUT2D eigenvalue weighted by Crippen LogP contribution is 2.23. The number of amides is 1. The molecular weight excluding hydrogens is 294 g/mol. The Balaban J connectivity index is 1.76. The zero-order valence-corrected chi connectivity index (χ0v) is 12.1. The number of nitrogens with one attached hydrogen (secondary N) is 1.